The van der Waals surface area contributed by atoms with E-state index in [0.29, 0.717) is 10.0 Å². The maximum Gasteiger partial charge on any atom is 0.251 e. The summed E-state index contributed by atoms with van der Waals surface area (Å²) >= 11 is 3.07. The minimum Gasteiger partial charge on any atom is -0.348 e. The standard InChI is InChI=1S/C12H14BrFN2O/c13-10-6-8(3-4-11(10)14)12(17)16-9-2-1-5-15-7-9/h3-4,6,9,15H,1-2,5,7H2,(H,16,17). The molecule has 1 aromatic carbocycles. The van der Waals surface area contributed by atoms with Crippen molar-refractivity contribution in [2.45, 2.75) is 18.9 Å². The molecule has 1 saturated heterocycles. The van der Waals surface area contributed by atoms with E-state index < -0.39 is 0 Å². The predicted molar refractivity (Wildman–Crippen MR) is 67.5 cm³/mol. The Hall–Kier alpha value is -0.940. The van der Waals surface area contributed by atoms with Crippen molar-refractivity contribution >= 4 is 21.8 Å². The number of piperidine rings is 1. The monoisotopic (exact) mass is 300 g/mol. The van der Waals surface area contributed by atoms with Gasteiger partial charge in [-0.3, -0.25) is 4.79 Å². The SMILES string of the molecule is O=C(NC1CCCNC1)c1ccc(F)c(Br)c1. The fourth-order valence-electron chi connectivity index (χ4n) is 1.88. The summed E-state index contributed by atoms with van der Waals surface area (Å²) in [6.07, 6.45) is 2.05. The van der Waals surface area contributed by atoms with Crippen molar-refractivity contribution in [1.29, 1.82) is 0 Å². The molecule has 1 amide bonds. The third kappa shape index (κ3) is 3.26. The molecule has 0 aliphatic carbocycles. The van der Waals surface area contributed by atoms with Crippen LogP contribution in [-0.2, 0) is 0 Å². The van der Waals surface area contributed by atoms with Crippen LogP contribution >= 0.6 is 15.9 Å². The normalized spacial score (nSPS) is 20.0. The molecule has 1 aromatic rings. The second-order valence-corrected chi connectivity index (χ2v) is 5.00. The van der Waals surface area contributed by atoms with E-state index >= 15 is 0 Å². The topological polar surface area (TPSA) is 41.1 Å². The number of halogens is 2. The highest BCUT2D eigenvalue weighted by Crippen LogP contribution is 2.17. The lowest BCUT2D eigenvalue weighted by molar-refractivity contribution is 0.0930. The van der Waals surface area contributed by atoms with Crippen LogP contribution in [0.5, 0.6) is 0 Å². The van der Waals surface area contributed by atoms with Crippen LogP contribution in [0.2, 0.25) is 0 Å². The van der Waals surface area contributed by atoms with Crippen molar-refractivity contribution in [1.82, 2.24) is 10.6 Å². The molecule has 1 unspecified atom stereocenters. The van der Waals surface area contributed by atoms with Gasteiger partial charge in [-0.05, 0) is 53.5 Å². The summed E-state index contributed by atoms with van der Waals surface area (Å²) in [5.74, 6) is -0.514. The van der Waals surface area contributed by atoms with Gasteiger partial charge in [0.2, 0.25) is 0 Å². The highest BCUT2D eigenvalue weighted by atomic mass is 79.9. The molecule has 0 radical (unpaired) electrons. The van der Waals surface area contributed by atoms with Crippen LogP contribution in [0.25, 0.3) is 0 Å². The summed E-state index contributed by atoms with van der Waals surface area (Å²) in [4.78, 5) is 11.9. The van der Waals surface area contributed by atoms with Gasteiger partial charge in [-0.2, -0.15) is 0 Å². The zero-order valence-electron chi connectivity index (χ0n) is 9.30. The minimum absolute atomic E-state index is 0.153. The van der Waals surface area contributed by atoms with Gasteiger partial charge in [-0.1, -0.05) is 0 Å². The molecule has 1 fully saturated rings. The minimum atomic E-state index is -0.360. The first-order chi connectivity index (χ1) is 8.16. The number of carbonyl (C=O) groups excluding carboxylic acids is 1. The van der Waals surface area contributed by atoms with Gasteiger partial charge < -0.3 is 10.6 Å². The van der Waals surface area contributed by atoms with E-state index in [-0.39, 0.29) is 17.8 Å². The molecule has 0 bridgehead atoms. The van der Waals surface area contributed by atoms with Crippen molar-refractivity contribution in [2.24, 2.45) is 0 Å². The van der Waals surface area contributed by atoms with Gasteiger partial charge in [-0.15, -0.1) is 0 Å². The third-order valence-electron chi connectivity index (χ3n) is 2.81. The average molecular weight is 301 g/mol. The molecule has 0 spiro atoms. The molecule has 0 saturated carbocycles. The lowest BCUT2D eigenvalue weighted by atomic mass is 10.1. The number of benzene rings is 1. The van der Waals surface area contributed by atoms with Gasteiger partial charge in [0, 0.05) is 18.2 Å². The van der Waals surface area contributed by atoms with Gasteiger partial charge in [0.25, 0.3) is 5.91 Å². The zero-order valence-corrected chi connectivity index (χ0v) is 10.9. The summed E-state index contributed by atoms with van der Waals surface area (Å²) < 4.78 is 13.3. The van der Waals surface area contributed by atoms with Gasteiger partial charge in [0.05, 0.1) is 4.47 Å². The maximum absolute atomic E-state index is 13.0. The molecular weight excluding hydrogens is 287 g/mol. The molecule has 2 N–H and O–H groups in total. The smallest absolute Gasteiger partial charge is 0.251 e. The van der Waals surface area contributed by atoms with E-state index in [4.69, 9.17) is 0 Å². The van der Waals surface area contributed by atoms with Gasteiger partial charge in [0.1, 0.15) is 5.82 Å². The van der Waals surface area contributed by atoms with Crippen LogP contribution in [-0.4, -0.2) is 25.0 Å². The van der Waals surface area contributed by atoms with E-state index in [2.05, 4.69) is 26.6 Å². The first-order valence-electron chi connectivity index (χ1n) is 5.63. The highest BCUT2D eigenvalue weighted by Gasteiger charge is 2.16. The van der Waals surface area contributed by atoms with Crippen molar-refractivity contribution < 1.29 is 9.18 Å². The Kier molecular flexibility index (Phi) is 4.12. The van der Waals surface area contributed by atoms with E-state index in [9.17, 15) is 9.18 Å². The Morgan fingerprint density at radius 2 is 2.35 bits per heavy atom. The Balaban J connectivity index is 2.01. The number of rotatable bonds is 2. The summed E-state index contributed by atoms with van der Waals surface area (Å²) in [6, 6.07) is 4.45. The highest BCUT2D eigenvalue weighted by molar-refractivity contribution is 9.10. The number of hydrogen-bond donors (Lipinski definition) is 2. The molecule has 5 heteroatoms. The van der Waals surface area contributed by atoms with E-state index in [1.165, 1.54) is 18.2 Å². The maximum atomic E-state index is 13.0. The second-order valence-electron chi connectivity index (χ2n) is 4.15. The third-order valence-corrected chi connectivity index (χ3v) is 3.42. The first-order valence-corrected chi connectivity index (χ1v) is 6.43. The van der Waals surface area contributed by atoms with Crippen molar-refractivity contribution in [3.63, 3.8) is 0 Å². The van der Waals surface area contributed by atoms with Crippen molar-refractivity contribution in [3.05, 3.63) is 34.1 Å². The van der Waals surface area contributed by atoms with Crippen LogP contribution in [0.15, 0.2) is 22.7 Å². The van der Waals surface area contributed by atoms with Crippen LogP contribution in [0.3, 0.4) is 0 Å². The quantitative estimate of drug-likeness (QED) is 0.878. The van der Waals surface area contributed by atoms with Crippen molar-refractivity contribution in [3.8, 4) is 0 Å². The number of nitrogens with one attached hydrogen (secondary N) is 2. The first kappa shape index (κ1) is 12.5. The lowest BCUT2D eigenvalue weighted by Crippen LogP contribution is -2.45. The van der Waals surface area contributed by atoms with E-state index in [0.717, 1.165) is 25.9 Å². The van der Waals surface area contributed by atoms with Gasteiger partial charge in [0.15, 0.2) is 0 Å². The van der Waals surface area contributed by atoms with Crippen LogP contribution in [0.4, 0.5) is 4.39 Å². The van der Waals surface area contributed by atoms with E-state index in [1.807, 2.05) is 0 Å². The van der Waals surface area contributed by atoms with Crippen LogP contribution in [0.1, 0.15) is 23.2 Å². The molecule has 1 aliphatic heterocycles. The lowest BCUT2D eigenvalue weighted by Gasteiger charge is -2.23. The van der Waals surface area contributed by atoms with Crippen molar-refractivity contribution in [2.75, 3.05) is 13.1 Å². The number of carbonyl (C=O) groups is 1. The second kappa shape index (κ2) is 5.60. The Morgan fingerprint density at radius 1 is 1.53 bits per heavy atom. The molecule has 1 atom stereocenters. The summed E-state index contributed by atoms with van der Waals surface area (Å²) in [5.41, 5.74) is 0.476. The molecule has 17 heavy (non-hydrogen) atoms. The van der Waals surface area contributed by atoms with Crippen LogP contribution in [0, 0.1) is 5.82 Å². The molecule has 0 aromatic heterocycles. The number of amides is 1. The average Bonchev–Trinajstić information content (AvgIpc) is 2.34. The molecular formula is C12H14BrFN2O. The molecule has 1 heterocycles. The summed E-state index contributed by atoms with van der Waals surface area (Å²) in [6.45, 7) is 1.81. The molecule has 1 aliphatic rings. The van der Waals surface area contributed by atoms with Crippen LogP contribution < -0.4 is 10.6 Å². The Morgan fingerprint density at radius 3 is 3.00 bits per heavy atom. The summed E-state index contributed by atoms with van der Waals surface area (Å²) in [5, 5.41) is 6.17. The number of hydrogen-bond acceptors (Lipinski definition) is 2. The Bertz CT molecular complexity index is 419. The summed E-state index contributed by atoms with van der Waals surface area (Å²) in [7, 11) is 0. The molecule has 2 rings (SSSR count). The predicted octanol–water partition coefficient (Wildman–Crippen LogP) is 2.07. The largest absolute Gasteiger partial charge is 0.348 e. The Labute approximate surface area is 108 Å². The fourth-order valence-corrected chi connectivity index (χ4v) is 2.26. The molecule has 92 valence electrons. The van der Waals surface area contributed by atoms with Gasteiger partial charge in [-0.25, -0.2) is 4.39 Å². The molecule has 3 nitrogen and oxygen atoms in total. The van der Waals surface area contributed by atoms with Gasteiger partial charge >= 0.3 is 0 Å². The zero-order chi connectivity index (χ0) is 12.3. The van der Waals surface area contributed by atoms with E-state index in [1.54, 1.807) is 0 Å². The fraction of sp³-hybridized carbons (Fsp3) is 0.417.